The van der Waals surface area contributed by atoms with Crippen LogP contribution >= 0.6 is 0 Å². The molecule has 0 fully saturated rings. The summed E-state index contributed by atoms with van der Waals surface area (Å²) < 4.78 is 8.97. The van der Waals surface area contributed by atoms with E-state index >= 15 is 0 Å². The number of para-hydroxylation sites is 1. The second kappa shape index (κ2) is 11.1. The average molecular weight is 449 g/mol. The summed E-state index contributed by atoms with van der Waals surface area (Å²) in [6.45, 7) is 7.29. The second-order valence-electron chi connectivity index (χ2n) is 7.60. The highest BCUT2D eigenvalue weighted by molar-refractivity contribution is 6.01. The second-order valence-corrected chi connectivity index (χ2v) is 7.60. The molecule has 0 aliphatic rings. The van der Waals surface area contributed by atoms with Crippen molar-refractivity contribution in [2.24, 2.45) is 0 Å². The van der Waals surface area contributed by atoms with Crippen molar-refractivity contribution in [2.45, 2.75) is 26.8 Å². The first-order valence-electron chi connectivity index (χ1n) is 10.6. The van der Waals surface area contributed by atoms with Crippen LogP contribution in [0.2, 0.25) is 0 Å². The summed E-state index contributed by atoms with van der Waals surface area (Å²) in [5, 5.41) is 27.0. The Kier molecular flexibility index (Phi) is 7.94. The zero-order chi connectivity index (χ0) is 23.8. The number of hydrogen-bond donors (Lipinski definition) is 2. The third kappa shape index (κ3) is 5.64. The van der Waals surface area contributed by atoms with Gasteiger partial charge in [0.05, 0.1) is 18.3 Å². The highest BCUT2D eigenvalue weighted by atomic mass is 16.5. The minimum atomic E-state index is -0.434. The average Bonchev–Trinajstić information content (AvgIpc) is 3.39. The first-order valence-corrected chi connectivity index (χ1v) is 10.6. The number of nitrogens with zero attached hydrogens (tertiary/aromatic N) is 6. The molecule has 0 aliphatic heterocycles. The number of ether oxygens (including phenoxy) is 1. The Morgan fingerprint density at radius 2 is 2.03 bits per heavy atom. The van der Waals surface area contributed by atoms with Crippen molar-refractivity contribution < 1.29 is 9.53 Å². The zero-order valence-electron chi connectivity index (χ0n) is 19.2. The van der Waals surface area contributed by atoms with E-state index in [-0.39, 0.29) is 11.6 Å². The summed E-state index contributed by atoms with van der Waals surface area (Å²) in [7, 11) is 1.67. The van der Waals surface area contributed by atoms with Gasteiger partial charge in [-0.1, -0.05) is 23.3 Å². The first kappa shape index (κ1) is 23.7. The highest BCUT2D eigenvalue weighted by Crippen LogP contribution is 2.22. The minimum Gasteiger partial charge on any atom is -0.383 e. The number of aryl methyl sites for hydroxylation is 1. The largest absolute Gasteiger partial charge is 0.383 e. The molecular formula is C23H28N8O2. The fourth-order valence-electron chi connectivity index (χ4n) is 3.73. The molecule has 33 heavy (non-hydrogen) atoms. The van der Waals surface area contributed by atoms with E-state index in [0.717, 1.165) is 22.6 Å². The van der Waals surface area contributed by atoms with Crippen LogP contribution in [0.25, 0.3) is 11.8 Å². The molecule has 1 amide bonds. The standard InChI is InChI=1S/C23H28N8O2/c1-16-12-19(18(3)30(16)17(2)15-33-4)13-20(14-24)22(32)25-10-11-26-23-27-28-29-31(23)21-8-6-5-7-9-21/h5-9,12-13,17H,10-11,15H2,1-4H3,(H,25,32)(H,26,27,29)/b20-13-. The number of amides is 1. The van der Waals surface area contributed by atoms with Crippen LogP contribution in [-0.2, 0) is 9.53 Å². The molecule has 2 aromatic heterocycles. The van der Waals surface area contributed by atoms with Gasteiger partial charge in [-0.15, -0.1) is 0 Å². The van der Waals surface area contributed by atoms with Gasteiger partial charge in [0.1, 0.15) is 11.6 Å². The van der Waals surface area contributed by atoms with E-state index in [2.05, 4.69) is 37.6 Å². The van der Waals surface area contributed by atoms with Crippen molar-refractivity contribution in [3.05, 3.63) is 58.9 Å². The summed E-state index contributed by atoms with van der Waals surface area (Å²) in [4.78, 5) is 12.6. The Balaban J connectivity index is 1.61. The van der Waals surface area contributed by atoms with E-state index in [1.54, 1.807) is 17.9 Å². The summed E-state index contributed by atoms with van der Waals surface area (Å²) in [5.41, 5.74) is 3.72. The van der Waals surface area contributed by atoms with Crippen LogP contribution in [0.4, 0.5) is 5.95 Å². The summed E-state index contributed by atoms with van der Waals surface area (Å²) in [5.74, 6) is 0.0285. The maximum atomic E-state index is 12.6. The van der Waals surface area contributed by atoms with Gasteiger partial charge >= 0.3 is 0 Å². The van der Waals surface area contributed by atoms with E-state index < -0.39 is 5.91 Å². The summed E-state index contributed by atoms with van der Waals surface area (Å²) >= 11 is 0. The molecule has 1 atom stereocenters. The van der Waals surface area contributed by atoms with E-state index in [4.69, 9.17) is 4.74 Å². The Hall–Kier alpha value is -3.97. The molecule has 10 nitrogen and oxygen atoms in total. The number of methoxy groups -OCH3 is 1. The Morgan fingerprint density at radius 1 is 1.27 bits per heavy atom. The van der Waals surface area contributed by atoms with E-state index in [1.165, 1.54) is 0 Å². The molecular weight excluding hydrogens is 420 g/mol. The van der Waals surface area contributed by atoms with Crippen LogP contribution in [-0.4, -0.2) is 57.5 Å². The van der Waals surface area contributed by atoms with Crippen molar-refractivity contribution in [1.82, 2.24) is 30.1 Å². The molecule has 10 heteroatoms. The van der Waals surface area contributed by atoms with Gasteiger partial charge in [0.15, 0.2) is 0 Å². The maximum absolute atomic E-state index is 12.6. The molecule has 0 radical (unpaired) electrons. The molecule has 172 valence electrons. The lowest BCUT2D eigenvalue weighted by Crippen LogP contribution is -2.30. The van der Waals surface area contributed by atoms with Gasteiger partial charge in [-0.05, 0) is 61.0 Å². The fourth-order valence-corrected chi connectivity index (χ4v) is 3.73. The Labute approximate surface area is 192 Å². The molecule has 0 saturated carbocycles. The molecule has 0 saturated heterocycles. The number of hydrogen-bond acceptors (Lipinski definition) is 7. The van der Waals surface area contributed by atoms with Crippen LogP contribution in [0, 0.1) is 25.2 Å². The van der Waals surface area contributed by atoms with Gasteiger partial charge in [-0.2, -0.15) is 9.94 Å². The van der Waals surface area contributed by atoms with Crippen LogP contribution in [0.15, 0.2) is 42.0 Å². The van der Waals surface area contributed by atoms with Crippen molar-refractivity contribution in [2.75, 3.05) is 32.1 Å². The Morgan fingerprint density at radius 3 is 2.73 bits per heavy atom. The van der Waals surface area contributed by atoms with E-state index in [1.807, 2.05) is 56.3 Å². The number of nitrogens with one attached hydrogen (secondary N) is 2. The lowest BCUT2D eigenvalue weighted by Gasteiger charge is -2.17. The lowest BCUT2D eigenvalue weighted by molar-refractivity contribution is -0.116. The number of nitriles is 1. The smallest absolute Gasteiger partial charge is 0.262 e. The Bertz CT molecular complexity index is 1160. The van der Waals surface area contributed by atoms with Crippen molar-refractivity contribution >= 4 is 17.9 Å². The number of anilines is 1. The summed E-state index contributed by atoms with van der Waals surface area (Å²) in [6.07, 6.45) is 1.62. The number of benzene rings is 1. The van der Waals surface area contributed by atoms with Crippen molar-refractivity contribution in [1.29, 1.82) is 5.26 Å². The normalized spacial score (nSPS) is 12.3. The molecule has 0 spiro atoms. The SMILES string of the molecule is COCC(C)n1c(C)cc(/C=C(/C#N)C(=O)NCCNc2nnnn2-c2ccccc2)c1C. The van der Waals surface area contributed by atoms with Crippen LogP contribution in [0.1, 0.15) is 29.9 Å². The molecule has 0 bridgehead atoms. The van der Waals surface area contributed by atoms with Crippen LogP contribution in [0.3, 0.4) is 0 Å². The lowest BCUT2D eigenvalue weighted by atomic mass is 10.1. The van der Waals surface area contributed by atoms with Gasteiger partial charge in [-0.25, -0.2) is 0 Å². The molecule has 2 heterocycles. The van der Waals surface area contributed by atoms with E-state index in [9.17, 15) is 10.1 Å². The topological polar surface area (TPSA) is 123 Å². The third-order valence-corrected chi connectivity index (χ3v) is 5.20. The molecule has 1 unspecified atom stereocenters. The highest BCUT2D eigenvalue weighted by Gasteiger charge is 2.16. The number of tetrazole rings is 1. The molecule has 2 N–H and O–H groups in total. The van der Waals surface area contributed by atoms with Crippen molar-refractivity contribution in [3.8, 4) is 11.8 Å². The predicted molar refractivity (Wildman–Crippen MR) is 125 cm³/mol. The number of carbonyl (C=O) groups is 1. The monoisotopic (exact) mass is 448 g/mol. The summed E-state index contributed by atoms with van der Waals surface area (Å²) in [6, 6.07) is 13.6. The molecule has 1 aromatic carbocycles. The third-order valence-electron chi connectivity index (χ3n) is 5.20. The number of rotatable bonds is 10. The van der Waals surface area contributed by atoms with Crippen molar-refractivity contribution in [3.63, 3.8) is 0 Å². The predicted octanol–water partition coefficient (Wildman–Crippen LogP) is 2.42. The van der Waals surface area contributed by atoms with Gasteiger partial charge in [0.2, 0.25) is 5.95 Å². The zero-order valence-corrected chi connectivity index (χ0v) is 19.2. The molecule has 0 aliphatic carbocycles. The first-order chi connectivity index (χ1) is 16.0. The number of aromatic nitrogens is 5. The van der Waals surface area contributed by atoms with Crippen LogP contribution < -0.4 is 10.6 Å². The number of carbonyl (C=O) groups excluding carboxylic acids is 1. The van der Waals surface area contributed by atoms with Gasteiger partial charge < -0.3 is 19.9 Å². The van der Waals surface area contributed by atoms with Gasteiger partial charge in [0.25, 0.3) is 5.91 Å². The van der Waals surface area contributed by atoms with E-state index in [0.29, 0.717) is 25.6 Å². The maximum Gasteiger partial charge on any atom is 0.262 e. The fraction of sp³-hybridized carbons (Fsp3) is 0.348. The molecule has 3 aromatic rings. The molecule has 3 rings (SSSR count). The van der Waals surface area contributed by atoms with Gasteiger partial charge in [-0.3, -0.25) is 4.79 Å². The van der Waals surface area contributed by atoms with Crippen LogP contribution in [0.5, 0.6) is 0 Å². The van der Waals surface area contributed by atoms with Gasteiger partial charge in [0, 0.05) is 31.6 Å². The minimum absolute atomic E-state index is 0.0452. The quantitative estimate of drug-likeness (QED) is 0.277.